The Balaban J connectivity index is 1.89. The van der Waals surface area contributed by atoms with Gasteiger partial charge in [-0.15, -0.1) is 6.58 Å². The number of rotatable bonds is 8. The van der Waals surface area contributed by atoms with Gasteiger partial charge in [0.05, 0.1) is 25.4 Å². The van der Waals surface area contributed by atoms with Crippen LogP contribution >= 0.6 is 0 Å². The molecule has 166 valence electrons. The summed E-state index contributed by atoms with van der Waals surface area (Å²) in [5.74, 6) is -1.35. The second-order valence-electron chi connectivity index (χ2n) is 8.75. The van der Waals surface area contributed by atoms with Gasteiger partial charge in [-0.2, -0.15) is 0 Å². The van der Waals surface area contributed by atoms with Crippen molar-refractivity contribution in [1.29, 1.82) is 0 Å². The molecule has 1 aromatic carbocycles. The molecule has 7 heteroatoms. The van der Waals surface area contributed by atoms with Gasteiger partial charge in [0, 0.05) is 18.9 Å². The summed E-state index contributed by atoms with van der Waals surface area (Å²) in [7, 11) is 0. The molecule has 1 heterocycles. The van der Waals surface area contributed by atoms with Gasteiger partial charge in [0.25, 0.3) is 5.91 Å². The molecule has 1 amide bonds. The van der Waals surface area contributed by atoms with Gasteiger partial charge in [-0.1, -0.05) is 18.2 Å². The highest BCUT2D eigenvalue weighted by molar-refractivity contribution is 5.85. The predicted molar refractivity (Wildman–Crippen MR) is 110 cm³/mol. The van der Waals surface area contributed by atoms with E-state index < -0.39 is 17.5 Å². The van der Waals surface area contributed by atoms with E-state index in [2.05, 4.69) is 11.9 Å². The molecule has 2 fully saturated rings. The van der Waals surface area contributed by atoms with Crippen LogP contribution in [-0.4, -0.2) is 48.3 Å². The van der Waals surface area contributed by atoms with E-state index in [4.69, 9.17) is 18.9 Å². The van der Waals surface area contributed by atoms with E-state index in [0.29, 0.717) is 25.0 Å². The van der Waals surface area contributed by atoms with Gasteiger partial charge < -0.3 is 24.3 Å². The van der Waals surface area contributed by atoms with Gasteiger partial charge in [0.1, 0.15) is 11.9 Å². The third kappa shape index (κ3) is 5.27. The third-order valence-electron chi connectivity index (χ3n) is 5.32. The van der Waals surface area contributed by atoms with Crippen LogP contribution in [0, 0.1) is 5.82 Å². The van der Waals surface area contributed by atoms with Crippen LogP contribution in [0.5, 0.6) is 0 Å². The highest BCUT2D eigenvalue weighted by Gasteiger charge is 2.58. The number of benzene rings is 1. The minimum Gasteiger partial charge on any atom is -0.371 e. The Bertz CT molecular complexity index is 768. The first kappa shape index (κ1) is 22.9. The van der Waals surface area contributed by atoms with Crippen LogP contribution in [0.4, 0.5) is 4.39 Å². The van der Waals surface area contributed by atoms with Crippen LogP contribution in [-0.2, 0) is 30.3 Å². The zero-order chi connectivity index (χ0) is 21.9. The molecule has 2 aliphatic rings. The Morgan fingerprint density at radius 1 is 1.37 bits per heavy atom. The summed E-state index contributed by atoms with van der Waals surface area (Å²) < 4.78 is 38.0. The summed E-state index contributed by atoms with van der Waals surface area (Å²) in [4.78, 5) is 13.3. The van der Waals surface area contributed by atoms with Crippen molar-refractivity contribution in [2.24, 2.45) is 0 Å². The molecule has 1 saturated heterocycles. The average molecular weight is 422 g/mol. The molecule has 0 radical (unpaired) electrons. The van der Waals surface area contributed by atoms with Crippen molar-refractivity contribution in [3.8, 4) is 0 Å². The first-order chi connectivity index (χ1) is 14.1. The fraction of sp³-hybridized carbons (Fsp3) is 0.609. The monoisotopic (exact) mass is 421 g/mol. The second-order valence-corrected chi connectivity index (χ2v) is 8.75. The van der Waals surface area contributed by atoms with Gasteiger partial charge in [-0.3, -0.25) is 4.79 Å². The number of fused-ring (bicyclic) bond motifs is 1. The maximum absolute atomic E-state index is 13.6. The van der Waals surface area contributed by atoms with Crippen molar-refractivity contribution in [3.05, 3.63) is 48.3 Å². The van der Waals surface area contributed by atoms with Gasteiger partial charge >= 0.3 is 0 Å². The van der Waals surface area contributed by atoms with Crippen LogP contribution in [0.15, 0.2) is 36.9 Å². The lowest BCUT2D eigenvalue weighted by Gasteiger charge is -2.43. The second kappa shape index (κ2) is 9.14. The summed E-state index contributed by atoms with van der Waals surface area (Å²) in [6, 6.07) is 6.12. The molecule has 6 nitrogen and oxygen atoms in total. The molecule has 30 heavy (non-hydrogen) atoms. The standard InChI is InChI=1S/C23H32FNO5/c1-6-10-27-18-12-23(21(26)25-15(2)3,13-19-20(18)30-22(4,5)29-19)28-14-16-8-7-9-17(24)11-16/h6-9,11,15,18-20H,1,10,12-14H2,2-5H3,(H,25,26)/t18-,19+,20-,23+/m0/s1. The van der Waals surface area contributed by atoms with Crippen molar-refractivity contribution in [2.75, 3.05) is 6.61 Å². The smallest absolute Gasteiger partial charge is 0.252 e. The lowest BCUT2D eigenvalue weighted by atomic mass is 9.78. The topological polar surface area (TPSA) is 66.0 Å². The normalized spacial score (nSPS) is 30.1. The first-order valence-electron chi connectivity index (χ1n) is 10.4. The fourth-order valence-corrected chi connectivity index (χ4v) is 4.14. The number of halogens is 1. The maximum Gasteiger partial charge on any atom is 0.252 e. The summed E-state index contributed by atoms with van der Waals surface area (Å²) in [6.45, 7) is 11.6. The molecule has 1 N–H and O–H groups in total. The number of hydrogen-bond acceptors (Lipinski definition) is 5. The van der Waals surface area contributed by atoms with Crippen molar-refractivity contribution < 1.29 is 28.1 Å². The van der Waals surface area contributed by atoms with Crippen LogP contribution in [0.2, 0.25) is 0 Å². The maximum atomic E-state index is 13.6. The van der Waals surface area contributed by atoms with E-state index in [1.807, 2.05) is 27.7 Å². The van der Waals surface area contributed by atoms with Crippen LogP contribution < -0.4 is 5.32 Å². The molecule has 1 aliphatic heterocycles. The number of carbonyl (C=O) groups excluding carboxylic acids is 1. The molecule has 1 aliphatic carbocycles. The van der Waals surface area contributed by atoms with E-state index in [1.54, 1.807) is 18.2 Å². The van der Waals surface area contributed by atoms with Crippen molar-refractivity contribution in [2.45, 2.75) is 82.9 Å². The quantitative estimate of drug-likeness (QED) is 0.651. The largest absolute Gasteiger partial charge is 0.371 e. The summed E-state index contributed by atoms with van der Waals surface area (Å²) in [5.41, 5.74) is -0.533. The molecular formula is C23H32FNO5. The third-order valence-corrected chi connectivity index (χ3v) is 5.32. The Labute approximate surface area is 177 Å². The molecule has 3 rings (SSSR count). The van der Waals surface area contributed by atoms with Crippen LogP contribution in [0.25, 0.3) is 0 Å². The Hall–Kier alpha value is -1.80. The number of hydrogen-bond donors (Lipinski definition) is 1. The molecule has 0 bridgehead atoms. The zero-order valence-electron chi connectivity index (χ0n) is 18.2. The molecule has 0 aromatic heterocycles. The van der Waals surface area contributed by atoms with E-state index in [0.717, 1.165) is 0 Å². The highest BCUT2D eigenvalue weighted by Crippen LogP contribution is 2.44. The molecule has 1 saturated carbocycles. The van der Waals surface area contributed by atoms with Crippen LogP contribution in [0.3, 0.4) is 0 Å². The van der Waals surface area contributed by atoms with Gasteiger partial charge in [-0.25, -0.2) is 4.39 Å². The molecule has 1 aromatic rings. The van der Waals surface area contributed by atoms with Crippen molar-refractivity contribution in [1.82, 2.24) is 5.32 Å². The Morgan fingerprint density at radius 2 is 2.13 bits per heavy atom. The predicted octanol–water partition coefficient (Wildman–Crippen LogP) is 3.49. The minimum atomic E-state index is -1.19. The molecule has 0 unspecified atom stereocenters. The lowest BCUT2D eigenvalue weighted by Crippen LogP contribution is -2.60. The van der Waals surface area contributed by atoms with E-state index in [-0.39, 0.29) is 36.6 Å². The average Bonchev–Trinajstić information content (AvgIpc) is 2.97. The van der Waals surface area contributed by atoms with Gasteiger partial charge in [0.2, 0.25) is 0 Å². The molecule has 4 atom stereocenters. The summed E-state index contributed by atoms with van der Waals surface area (Å²) in [5, 5.41) is 2.97. The zero-order valence-corrected chi connectivity index (χ0v) is 18.2. The number of ether oxygens (including phenoxy) is 4. The van der Waals surface area contributed by atoms with Gasteiger partial charge in [0.15, 0.2) is 11.4 Å². The summed E-state index contributed by atoms with van der Waals surface area (Å²) >= 11 is 0. The summed E-state index contributed by atoms with van der Waals surface area (Å²) in [6.07, 6.45) is 1.20. The number of carbonyl (C=O) groups is 1. The lowest BCUT2D eigenvalue weighted by molar-refractivity contribution is -0.180. The van der Waals surface area contributed by atoms with E-state index in [1.165, 1.54) is 12.1 Å². The molecule has 0 spiro atoms. The molecular weight excluding hydrogens is 389 g/mol. The Kier molecular flexibility index (Phi) is 6.97. The first-order valence-corrected chi connectivity index (χ1v) is 10.4. The number of amides is 1. The van der Waals surface area contributed by atoms with Crippen molar-refractivity contribution >= 4 is 5.91 Å². The van der Waals surface area contributed by atoms with Crippen molar-refractivity contribution in [3.63, 3.8) is 0 Å². The Morgan fingerprint density at radius 3 is 2.80 bits per heavy atom. The SMILES string of the molecule is C=CCO[C@H]1C[C@](OCc2cccc(F)c2)(C(=O)NC(C)C)C[C@H]2OC(C)(C)O[C@@H]12. The van der Waals surface area contributed by atoms with E-state index in [9.17, 15) is 9.18 Å². The minimum absolute atomic E-state index is 0.0606. The van der Waals surface area contributed by atoms with Crippen LogP contribution in [0.1, 0.15) is 46.1 Å². The fourth-order valence-electron chi connectivity index (χ4n) is 4.14. The number of nitrogens with one attached hydrogen (secondary N) is 1. The van der Waals surface area contributed by atoms with Gasteiger partial charge in [-0.05, 0) is 45.4 Å². The highest BCUT2D eigenvalue weighted by atomic mass is 19.1. The van der Waals surface area contributed by atoms with E-state index >= 15 is 0 Å².